The van der Waals surface area contributed by atoms with E-state index in [1.54, 1.807) is 20.3 Å². The van der Waals surface area contributed by atoms with Gasteiger partial charge in [-0.2, -0.15) is 0 Å². The molecule has 2 atom stereocenters. The van der Waals surface area contributed by atoms with E-state index in [2.05, 4.69) is 10.3 Å². The summed E-state index contributed by atoms with van der Waals surface area (Å²) in [6, 6.07) is 12.6. The Bertz CT molecular complexity index is 779. The number of benzene rings is 2. The average molecular weight is 343 g/mol. The van der Waals surface area contributed by atoms with Gasteiger partial charge in [-0.1, -0.05) is 24.3 Å². The van der Waals surface area contributed by atoms with Gasteiger partial charge in [-0.3, -0.25) is 0 Å². The Morgan fingerprint density at radius 3 is 2.68 bits per heavy atom. The average Bonchev–Trinajstić information content (AvgIpc) is 3.38. The maximum absolute atomic E-state index is 13.8. The van der Waals surface area contributed by atoms with Crippen LogP contribution in [0.2, 0.25) is 0 Å². The zero-order valence-electron chi connectivity index (χ0n) is 14.3. The standard InChI is InChI=1S/C19H22FN3O2/c1-24-17-8-7-12(9-18(17)25-2)11-22-19(21)23-16-10-14(16)13-5-3-4-6-15(13)20/h3-9,14,16H,10-11H2,1-2H3,(H3,21,22,23). The lowest BCUT2D eigenvalue weighted by Gasteiger charge is -2.09. The zero-order chi connectivity index (χ0) is 17.8. The second-order valence-corrected chi connectivity index (χ2v) is 6.01. The van der Waals surface area contributed by atoms with Gasteiger partial charge in [0.25, 0.3) is 0 Å². The van der Waals surface area contributed by atoms with E-state index < -0.39 is 0 Å². The Morgan fingerprint density at radius 1 is 1.20 bits per heavy atom. The molecule has 0 aliphatic heterocycles. The maximum atomic E-state index is 13.8. The number of nitrogens with one attached hydrogen (secondary N) is 1. The second-order valence-electron chi connectivity index (χ2n) is 6.01. The number of nitrogens with two attached hydrogens (primary N) is 1. The summed E-state index contributed by atoms with van der Waals surface area (Å²) in [7, 11) is 3.19. The quantitative estimate of drug-likeness (QED) is 0.625. The van der Waals surface area contributed by atoms with Crippen molar-refractivity contribution in [3.63, 3.8) is 0 Å². The number of hydrogen-bond acceptors (Lipinski definition) is 3. The van der Waals surface area contributed by atoms with Gasteiger partial charge in [0, 0.05) is 12.0 Å². The lowest BCUT2D eigenvalue weighted by Crippen LogP contribution is -2.34. The molecule has 25 heavy (non-hydrogen) atoms. The van der Waals surface area contributed by atoms with Gasteiger partial charge in [-0.15, -0.1) is 0 Å². The van der Waals surface area contributed by atoms with E-state index in [1.807, 2.05) is 30.3 Å². The summed E-state index contributed by atoms with van der Waals surface area (Å²) >= 11 is 0. The van der Waals surface area contributed by atoms with Gasteiger partial charge in [-0.25, -0.2) is 9.38 Å². The number of ether oxygens (including phenoxy) is 2. The number of rotatable bonds is 6. The van der Waals surface area contributed by atoms with Gasteiger partial charge < -0.3 is 20.5 Å². The van der Waals surface area contributed by atoms with Crippen LogP contribution < -0.4 is 20.5 Å². The first-order valence-electron chi connectivity index (χ1n) is 8.14. The highest BCUT2D eigenvalue weighted by molar-refractivity contribution is 5.78. The Balaban J connectivity index is 1.58. The van der Waals surface area contributed by atoms with Crippen LogP contribution in [0.15, 0.2) is 47.5 Å². The molecular formula is C19H22FN3O2. The Labute approximate surface area is 146 Å². The zero-order valence-corrected chi connectivity index (χ0v) is 14.3. The molecular weight excluding hydrogens is 321 g/mol. The molecule has 6 heteroatoms. The Kier molecular flexibility index (Phi) is 5.07. The summed E-state index contributed by atoms with van der Waals surface area (Å²) < 4.78 is 24.3. The summed E-state index contributed by atoms with van der Waals surface area (Å²) in [5.41, 5.74) is 7.65. The number of halogens is 1. The van der Waals surface area contributed by atoms with Gasteiger partial charge >= 0.3 is 0 Å². The lowest BCUT2D eigenvalue weighted by molar-refractivity contribution is 0.354. The van der Waals surface area contributed by atoms with Crippen molar-refractivity contribution in [2.75, 3.05) is 14.2 Å². The minimum Gasteiger partial charge on any atom is -0.493 e. The monoisotopic (exact) mass is 343 g/mol. The molecule has 1 aliphatic rings. The number of hydrogen-bond donors (Lipinski definition) is 2. The van der Waals surface area contributed by atoms with E-state index in [1.165, 1.54) is 6.07 Å². The third kappa shape index (κ3) is 4.02. The fourth-order valence-electron chi connectivity index (χ4n) is 2.87. The van der Waals surface area contributed by atoms with Crippen LogP contribution in [0.5, 0.6) is 11.5 Å². The molecule has 2 unspecified atom stereocenters. The summed E-state index contributed by atoms with van der Waals surface area (Å²) in [4.78, 5) is 4.35. The van der Waals surface area contributed by atoms with E-state index in [9.17, 15) is 4.39 Å². The second kappa shape index (κ2) is 7.42. The number of aliphatic imine (C=N–C) groups is 1. The van der Waals surface area contributed by atoms with Crippen molar-refractivity contribution in [3.8, 4) is 11.5 Å². The number of nitrogens with zero attached hydrogens (tertiary/aromatic N) is 1. The summed E-state index contributed by atoms with van der Waals surface area (Å²) in [5.74, 6) is 1.67. The van der Waals surface area contributed by atoms with Crippen LogP contribution in [0, 0.1) is 5.82 Å². The molecule has 0 spiro atoms. The van der Waals surface area contributed by atoms with Gasteiger partial charge in [0.05, 0.1) is 20.8 Å². The first-order chi connectivity index (χ1) is 12.1. The van der Waals surface area contributed by atoms with Crippen LogP contribution in [0.1, 0.15) is 23.5 Å². The van der Waals surface area contributed by atoms with Gasteiger partial charge in [-0.05, 0) is 35.7 Å². The van der Waals surface area contributed by atoms with Crippen LogP contribution >= 0.6 is 0 Å². The van der Waals surface area contributed by atoms with E-state index >= 15 is 0 Å². The normalized spacial score (nSPS) is 19.4. The topological polar surface area (TPSA) is 68.9 Å². The molecule has 3 rings (SSSR count). The van der Waals surface area contributed by atoms with Crippen molar-refractivity contribution < 1.29 is 13.9 Å². The summed E-state index contributed by atoms with van der Waals surface area (Å²) in [6.07, 6.45) is 0.855. The molecule has 0 aromatic heterocycles. The third-order valence-corrected chi connectivity index (χ3v) is 4.31. The maximum Gasteiger partial charge on any atom is 0.189 e. The molecule has 2 aromatic rings. The SMILES string of the molecule is COc1ccc(CN=C(N)NC2CC2c2ccccc2F)cc1OC. The van der Waals surface area contributed by atoms with Crippen molar-refractivity contribution >= 4 is 5.96 Å². The van der Waals surface area contributed by atoms with Crippen LogP contribution in [0.4, 0.5) is 4.39 Å². The number of guanidine groups is 1. The van der Waals surface area contributed by atoms with Crippen LogP contribution in [0.3, 0.4) is 0 Å². The van der Waals surface area contributed by atoms with E-state index in [0.29, 0.717) is 24.0 Å². The molecule has 0 radical (unpaired) electrons. The molecule has 3 N–H and O–H groups in total. The molecule has 1 aliphatic carbocycles. The molecule has 5 nitrogen and oxygen atoms in total. The number of methoxy groups -OCH3 is 2. The third-order valence-electron chi connectivity index (χ3n) is 4.31. The molecule has 1 fully saturated rings. The predicted molar refractivity (Wildman–Crippen MR) is 95.6 cm³/mol. The summed E-state index contributed by atoms with van der Waals surface area (Å²) in [5, 5.41) is 3.16. The van der Waals surface area contributed by atoms with E-state index in [4.69, 9.17) is 15.2 Å². The van der Waals surface area contributed by atoms with Crippen molar-refractivity contribution in [1.82, 2.24) is 5.32 Å². The Hall–Kier alpha value is -2.76. The lowest BCUT2D eigenvalue weighted by atomic mass is 10.1. The molecule has 0 heterocycles. The van der Waals surface area contributed by atoms with Crippen molar-refractivity contribution in [1.29, 1.82) is 0 Å². The van der Waals surface area contributed by atoms with Crippen molar-refractivity contribution in [2.45, 2.75) is 24.9 Å². The highest BCUT2D eigenvalue weighted by atomic mass is 19.1. The minimum absolute atomic E-state index is 0.131. The largest absolute Gasteiger partial charge is 0.493 e. The smallest absolute Gasteiger partial charge is 0.189 e. The highest BCUT2D eigenvalue weighted by Crippen LogP contribution is 2.41. The van der Waals surface area contributed by atoms with E-state index in [0.717, 1.165) is 17.5 Å². The molecule has 0 saturated heterocycles. The van der Waals surface area contributed by atoms with Gasteiger partial charge in [0.1, 0.15) is 5.82 Å². The predicted octanol–water partition coefficient (Wildman–Crippen LogP) is 2.80. The van der Waals surface area contributed by atoms with Crippen molar-refractivity contribution in [3.05, 3.63) is 59.4 Å². The Morgan fingerprint density at radius 2 is 1.96 bits per heavy atom. The van der Waals surface area contributed by atoms with Crippen LogP contribution in [-0.4, -0.2) is 26.2 Å². The first kappa shape index (κ1) is 17.1. The molecule has 132 valence electrons. The minimum atomic E-state index is -0.169. The first-order valence-corrected chi connectivity index (χ1v) is 8.14. The van der Waals surface area contributed by atoms with Gasteiger partial charge in [0.2, 0.25) is 0 Å². The molecule has 0 amide bonds. The molecule has 0 bridgehead atoms. The summed E-state index contributed by atoms with van der Waals surface area (Å²) in [6.45, 7) is 0.427. The van der Waals surface area contributed by atoms with E-state index in [-0.39, 0.29) is 17.8 Å². The van der Waals surface area contributed by atoms with Crippen molar-refractivity contribution in [2.24, 2.45) is 10.7 Å². The molecule has 2 aromatic carbocycles. The fraction of sp³-hybridized carbons (Fsp3) is 0.316. The van der Waals surface area contributed by atoms with Crippen LogP contribution in [0.25, 0.3) is 0 Å². The van der Waals surface area contributed by atoms with Crippen LogP contribution in [-0.2, 0) is 6.54 Å². The fourth-order valence-corrected chi connectivity index (χ4v) is 2.87. The molecule has 1 saturated carbocycles. The van der Waals surface area contributed by atoms with Gasteiger partial charge in [0.15, 0.2) is 17.5 Å². The highest BCUT2D eigenvalue weighted by Gasteiger charge is 2.40.